The number of hydrogen-bond acceptors (Lipinski definition) is 4. The van der Waals surface area contributed by atoms with Crippen molar-refractivity contribution in [3.63, 3.8) is 0 Å². The van der Waals surface area contributed by atoms with E-state index >= 15 is 0 Å². The molecule has 0 radical (unpaired) electrons. The van der Waals surface area contributed by atoms with Gasteiger partial charge in [0.25, 0.3) is 0 Å². The minimum absolute atomic E-state index is 0.116. The summed E-state index contributed by atoms with van der Waals surface area (Å²) in [5.41, 5.74) is 8.28. The molecule has 0 fully saturated rings. The predicted molar refractivity (Wildman–Crippen MR) is 77.1 cm³/mol. The minimum Gasteiger partial charge on any atom is -0.493 e. The normalized spacial score (nSPS) is 11.9. The average molecular weight is 265 g/mol. The molecule has 0 spiro atoms. The quantitative estimate of drug-likeness (QED) is 0.270. The summed E-state index contributed by atoms with van der Waals surface area (Å²) >= 11 is 0. The second-order valence-corrected chi connectivity index (χ2v) is 4.93. The molecule has 106 valence electrons. The molecule has 0 bridgehead atoms. The first kappa shape index (κ1) is 15.3. The third-order valence-corrected chi connectivity index (χ3v) is 2.86. The third-order valence-electron chi connectivity index (χ3n) is 2.86. The maximum Gasteiger partial charge on any atom is 0.170 e. The molecule has 0 aliphatic carbocycles. The Morgan fingerprint density at radius 3 is 2.37 bits per heavy atom. The molecule has 0 atom stereocenters. The highest BCUT2D eigenvalue weighted by molar-refractivity contribution is 5.97. The number of rotatable bonds is 6. The summed E-state index contributed by atoms with van der Waals surface area (Å²) < 4.78 is 5.82. The lowest BCUT2D eigenvalue weighted by atomic mass is 10.1. The van der Waals surface area contributed by atoms with Crippen LogP contribution in [0.5, 0.6) is 5.75 Å². The molecule has 0 saturated carbocycles. The molecule has 0 aliphatic rings. The van der Waals surface area contributed by atoms with Gasteiger partial charge in [0, 0.05) is 12.1 Å². The van der Waals surface area contributed by atoms with Crippen LogP contribution < -0.4 is 10.5 Å². The molecule has 1 aromatic rings. The van der Waals surface area contributed by atoms with Crippen LogP contribution in [0.4, 0.5) is 0 Å². The van der Waals surface area contributed by atoms with E-state index in [9.17, 15) is 0 Å². The predicted octanol–water partition coefficient (Wildman–Crippen LogP) is 1.73. The number of nitrogens with two attached hydrogens (primary N) is 1. The Kier molecular flexibility index (Phi) is 5.63. The molecule has 0 aliphatic heterocycles. The maximum absolute atomic E-state index is 8.69. The zero-order valence-electron chi connectivity index (χ0n) is 12.1. The van der Waals surface area contributed by atoms with Crippen LogP contribution in [0.15, 0.2) is 17.3 Å². The lowest BCUT2D eigenvalue weighted by Gasteiger charge is -2.15. The van der Waals surface area contributed by atoms with E-state index in [0.717, 1.165) is 29.8 Å². The van der Waals surface area contributed by atoms with Crippen molar-refractivity contribution in [3.05, 3.63) is 28.8 Å². The van der Waals surface area contributed by atoms with Gasteiger partial charge in [0.2, 0.25) is 0 Å². The van der Waals surface area contributed by atoms with Crippen molar-refractivity contribution in [3.8, 4) is 5.75 Å². The van der Waals surface area contributed by atoms with Crippen LogP contribution in [-0.4, -0.2) is 43.2 Å². The van der Waals surface area contributed by atoms with Crippen molar-refractivity contribution in [2.45, 2.75) is 20.3 Å². The lowest BCUT2D eigenvalue weighted by molar-refractivity contribution is 0.279. The van der Waals surface area contributed by atoms with E-state index in [1.54, 1.807) is 0 Å². The second kappa shape index (κ2) is 6.99. The lowest BCUT2D eigenvalue weighted by Crippen LogP contribution is -2.16. The highest BCUT2D eigenvalue weighted by atomic mass is 16.5. The zero-order chi connectivity index (χ0) is 14.4. The summed E-state index contributed by atoms with van der Waals surface area (Å²) in [6, 6.07) is 3.73. The number of benzene rings is 1. The highest BCUT2D eigenvalue weighted by Crippen LogP contribution is 2.24. The summed E-state index contributed by atoms with van der Waals surface area (Å²) in [6.45, 7) is 5.61. The Balaban J connectivity index is 2.75. The first-order valence-electron chi connectivity index (χ1n) is 6.32. The zero-order valence-corrected chi connectivity index (χ0v) is 12.1. The number of aryl methyl sites for hydroxylation is 2. The van der Waals surface area contributed by atoms with Crippen molar-refractivity contribution in [2.75, 3.05) is 27.2 Å². The first-order chi connectivity index (χ1) is 8.95. The smallest absolute Gasteiger partial charge is 0.170 e. The van der Waals surface area contributed by atoms with Crippen molar-refractivity contribution in [1.29, 1.82) is 0 Å². The Morgan fingerprint density at radius 2 is 1.89 bits per heavy atom. The van der Waals surface area contributed by atoms with Gasteiger partial charge in [-0.15, -0.1) is 0 Å². The molecular weight excluding hydrogens is 242 g/mol. The van der Waals surface area contributed by atoms with E-state index in [2.05, 4.69) is 10.1 Å². The van der Waals surface area contributed by atoms with Crippen LogP contribution in [0.1, 0.15) is 23.1 Å². The van der Waals surface area contributed by atoms with Gasteiger partial charge in [0.05, 0.1) is 6.61 Å². The molecule has 0 heterocycles. The molecule has 3 N–H and O–H groups in total. The molecular formula is C14H23N3O2. The van der Waals surface area contributed by atoms with Gasteiger partial charge in [-0.2, -0.15) is 0 Å². The summed E-state index contributed by atoms with van der Waals surface area (Å²) in [5.74, 6) is 0.999. The topological polar surface area (TPSA) is 71.1 Å². The standard InChI is InChI=1S/C14H23N3O2/c1-10-8-12(14(15)16-18)9-11(2)13(10)19-7-5-6-17(3)4/h8-9,18H,5-7H2,1-4H3,(H2,15,16). The van der Waals surface area contributed by atoms with Crippen LogP contribution >= 0.6 is 0 Å². The Bertz CT molecular complexity index is 433. The fourth-order valence-corrected chi connectivity index (χ4v) is 1.94. The Morgan fingerprint density at radius 1 is 1.32 bits per heavy atom. The Labute approximate surface area is 114 Å². The van der Waals surface area contributed by atoms with E-state index in [0.29, 0.717) is 12.2 Å². The number of amidine groups is 1. The minimum atomic E-state index is 0.116. The summed E-state index contributed by atoms with van der Waals surface area (Å²) in [6.07, 6.45) is 0.980. The van der Waals surface area contributed by atoms with Gasteiger partial charge in [-0.05, 0) is 57.6 Å². The molecule has 5 heteroatoms. The van der Waals surface area contributed by atoms with Crippen molar-refractivity contribution in [2.24, 2.45) is 10.9 Å². The second-order valence-electron chi connectivity index (χ2n) is 4.93. The van der Waals surface area contributed by atoms with Crippen LogP contribution in [0, 0.1) is 13.8 Å². The van der Waals surface area contributed by atoms with Crippen molar-refractivity contribution >= 4 is 5.84 Å². The van der Waals surface area contributed by atoms with Crippen LogP contribution in [0.25, 0.3) is 0 Å². The molecule has 0 unspecified atom stereocenters. The van der Waals surface area contributed by atoms with Crippen molar-refractivity contribution < 1.29 is 9.94 Å². The molecule has 19 heavy (non-hydrogen) atoms. The first-order valence-corrected chi connectivity index (χ1v) is 6.32. The largest absolute Gasteiger partial charge is 0.493 e. The van der Waals surface area contributed by atoms with E-state index in [-0.39, 0.29) is 5.84 Å². The Hall–Kier alpha value is -1.75. The van der Waals surface area contributed by atoms with Gasteiger partial charge in [-0.3, -0.25) is 0 Å². The number of ether oxygens (including phenoxy) is 1. The highest BCUT2D eigenvalue weighted by Gasteiger charge is 2.09. The average Bonchev–Trinajstić information content (AvgIpc) is 2.35. The van der Waals surface area contributed by atoms with Gasteiger partial charge in [-0.25, -0.2) is 0 Å². The van der Waals surface area contributed by atoms with Crippen molar-refractivity contribution in [1.82, 2.24) is 4.90 Å². The fourth-order valence-electron chi connectivity index (χ4n) is 1.94. The monoisotopic (exact) mass is 265 g/mol. The number of hydrogen-bond donors (Lipinski definition) is 2. The van der Waals surface area contributed by atoms with Crippen LogP contribution in [0.2, 0.25) is 0 Å². The van der Waals surface area contributed by atoms with E-state index in [1.165, 1.54) is 0 Å². The van der Waals surface area contributed by atoms with Gasteiger partial charge in [-0.1, -0.05) is 5.16 Å². The molecule has 5 nitrogen and oxygen atoms in total. The SMILES string of the molecule is Cc1cc(C(N)=NO)cc(C)c1OCCCN(C)C. The van der Waals surface area contributed by atoms with Gasteiger partial charge < -0.3 is 20.6 Å². The van der Waals surface area contributed by atoms with Crippen LogP contribution in [-0.2, 0) is 0 Å². The number of oxime groups is 1. The fraction of sp³-hybridized carbons (Fsp3) is 0.500. The summed E-state index contributed by atoms with van der Waals surface area (Å²) in [7, 11) is 4.09. The van der Waals surface area contributed by atoms with E-state index in [1.807, 2.05) is 40.1 Å². The van der Waals surface area contributed by atoms with Gasteiger partial charge in [0.1, 0.15) is 5.75 Å². The summed E-state index contributed by atoms with van der Waals surface area (Å²) in [4.78, 5) is 2.13. The molecule has 0 amide bonds. The number of nitrogens with zero attached hydrogens (tertiary/aromatic N) is 2. The van der Waals surface area contributed by atoms with Crippen LogP contribution in [0.3, 0.4) is 0 Å². The molecule has 0 aromatic heterocycles. The van der Waals surface area contributed by atoms with Gasteiger partial charge >= 0.3 is 0 Å². The maximum atomic E-state index is 8.69. The van der Waals surface area contributed by atoms with E-state index in [4.69, 9.17) is 15.7 Å². The third kappa shape index (κ3) is 4.44. The molecule has 0 saturated heterocycles. The summed E-state index contributed by atoms with van der Waals surface area (Å²) in [5, 5.41) is 11.7. The molecule has 1 rings (SSSR count). The molecule has 1 aromatic carbocycles. The van der Waals surface area contributed by atoms with E-state index < -0.39 is 0 Å². The van der Waals surface area contributed by atoms with Gasteiger partial charge in [0.15, 0.2) is 5.84 Å².